The van der Waals surface area contributed by atoms with E-state index < -0.39 is 0 Å². The highest BCUT2D eigenvalue weighted by Crippen LogP contribution is 2.31. The van der Waals surface area contributed by atoms with Crippen molar-refractivity contribution < 1.29 is 9.47 Å². The number of hydrogen-bond acceptors (Lipinski definition) is 5. The standard InChI is InChI=1S/C20H21N3O3/c1-3-25-17-11-10-15(12-18(17)26-4-2)21-20-22-16(13-19(24)23-20)14-8-6-5-7-9-14/h5-13H,3-4H2,1-2H3,(H2,21,22,23,24). The zero-order valence-electron chi connectivity index (χ0n) is 14.8. The second-order valence-electron chi connectivity index (χ2n) is 5.50. The summed E-state index contributed by atoms with van der Waals surface area (Å²) in [6.07, 6.45) is 0. The topological polar surface area (TPSA) is 76.2 Å². The molecule has 0 amide bonds. The molecule has 0 aliphatic rings. The van der Waals surface area contributed by atoms with Crippen molar-refractivity contribution >= 4 is 11.6 Å². The lowest BCUT2D eigenvalue weighted by Crippen LogP contribution is -2.10. The van der Waals surface area contributed by atoms with Crippen molar-refractivity contribution in [3.63, 3.8) is 0 Å². The van der Waals surface area contributed by atoms with Crippen molar-refractivity contribution in [2.45, 2.75) is 13.8 Å². The minimum atomic E-state index is -0.225. The molecule has 0 atom stereocenters. The van der Waals surface area contributed by atoms with Gasteiger partial charge in [-0.05, 0) is 26.0 Å². The summed E-state index contributed by atoms with van der Waals surface area (Å²) in [7, 11) is 0. The predicted molar refractivity (Wildman–Crippen MR) is 102 cm³/mol. The molecular weight excluding hydrogens is 330 g/mol. The number of ether oxygens (including phenoxy) is 2. The average molecular weight is 351 g/mol. The van der Waals surface area contributed by atoms with Crippen molar-refractivity contribution in [3.05, 3.63) is 65.0 Å². The van der Waals surface area contributed by atoms with Gasteiger partial charge in [0.2, 0.25) is 5.95 Å². The Balaban J connectivity index is 1.90. The zero-order chi connectivity index (χ0) is 18.4. The minimum absolute atomic E-state index is 0.225. The predicted octanol–water partition coefficient (Wildman–Crippen LogP) is 3.98. The Bertz CT molecular complexity index is 923. The lowest BCUT2D eigenvalue weighted by atomic mass is 10.1. The van der Waals surface area contributed by atoms with Gasteiger partial charge >= 0.3 is 0 Å². The first kappa shape index (κ1) is 17.5. The van der Waals surface area contributed by atoms with Gasteiger partial charge in [0.25, 0.3) is 5.56 Å². The van der Waals surface area contributed by atoms with Crippen LogP contribution in [-0.4, -0.2) is 23.2 Å². The number of nitrogens with zero attached hydrogens (tertiary/aromatic N) is 1. The Kier molecular flexibility index (Phi) is 5.53. The van der Waals surface area contributed by atoms with Crippen LogP contribution in [0.4, 0.5) is 11.6 Å². The third kappa shape index (κ3) is 4.22. The summed E-state index contributed by atoms with van der Waals surface area (Å²) >= 11 is 0. The number of rotatable bonds is 7. The van der Waals surface area contributed by atoms with Crippen LogP contribution >= 0.6 is 0 Å². The molecule has 0 fully saturated rings. The molecule has 2 N–H and O–H groups in total. The third-order valence-corrected chi connectivity index (χ3v) is 3.62. The number of nitrogens with one attached hydrogen (secondary N) is 2. The molecule has 0 saturated carbocycles. The molecule has 0 radical (unpaired) electrons. The SMILES string of the molecule is CCOc1ccc(Nc2nc(-c3ccccc3)cc(=O)[nH]2)cc1OCC. The van der Waals surface area contributed by atoms with Crippen LogP contribution in [0.1, 0.15) is 13.8 Å². The van der Waals surface area contributed by atoms with E-state index in [-0.39, 0.29) is 5.56 Å². The molecule has 0 aliphatic heterocycles. The first-order valence-electron chi connectivity index (χ1n) is 8.53. The molecule has 1 heterocycles. The Morgan fingerprint density at radius 2 is 1.69 bits per heavy atom. The molecule has 0 unspecified atom stereocenters. The van der Waals surface area contributed by atoms with Crippen molar-refractivity contribution in [2.24, 2.45) is 0 Å². The van der Waals surface area contributed by atoms with Crippen LogP contribution in [0.15, 0.2) is 59.4 Å². The first-order chi connectivity index (χ1) is 12.7. The molecule has 26 heavy (non-hydrogen) atoms. The molecular formula is C20H21N3O3. The Morgan fingerprint density at radius 3 is 2.42 bits per heavy atom. The van der Waals surface area contributed by atoms with E-state index in [1.54, 1.807) is 0 Å². The zero-order valence-corrected chi connectivity index (χ0v) is 14.8. The maximum atomic E-state index is 12.0. The van der Waals surface area contributed by atoms with Gasteiger partial charge in [-0.25, -0.2) is 4.98 Å². The van der Waals surface area contributed by atoms with Crippen molar-refractivity contribution in [3.8, 4) is 22.8 Å². The van der Waals surface area contributed by atoms with E-state index in [1.165, 1.54) is 6.07 Å². The van der Waals surface area contributed by atoms with Crippen LogP contribution in [0.2, 0.25) is 0 Å². The number of aromatic nitrogens is 2. The normalized spacial score (nSPS) is 10.4. The molecule has 6 heteroatoms. The average Bonchev–Trinajstić information content (AvgIpc) is 2.64. The van der Waals surface area contributed by atoms with E-state index in [2.05, 4.69) is 15.3 Å². The minimum Gasteiger partial charge on any atom is -0.490 e. The van der Waals surface area contributed by atoms with E-state index in [1.807, 2.05) is 62.4 Å². The first-order valence-corrected chi connectivity index (χ1v) is 8.53. The summed E-state index contributed by atoms with van der Waals surface area (Å²) in [5.41, 5.74) is 2.00. The molecule has 134 valence electrons. The smallest absolute Gasteiger partial charge is 0.252 e. The van der Waals surface area contributed by atoms with Gasteiger partial charge in [-0.2, -0.15) is 0 Å². The lowest BCUT2D eigenvalue weighted by Gasteiger charge is -2.13. The van der Waals surface area contributed by atoms with Gasteiger partial charge in [0, 0.05) is 23.4 Å². The third-order valence-electron chi connectivity index (χ3n) is 3.62. The van der Waals surface area contributed by atoms with Crippen LogP contribution in [-0.2, 0) is 0 Å². The van der Waals surface area contributed by atoms with Gasteiger partial charge in [-0.1, -0.05) is 30.3 Å². The van der Waals surface area contributed by atoms with Gasteiger partial charge < -0.3 is 14.8 Å². The Labute approximate surface area is 151 Å². The van der Waals surface area contributed by atoms with Gasteiger partial charge in [0.1, 0.15) is 0 Å². The molecule has 0 bridgehead atoms. The molecule has 0 saturated heterocycles. The van der Waals surface area contributed by atoms with Gasteiger partial charge in [-0.15, -0.1) is 0 Å². The highest BCUT2D eigenvalue weighted by molar-refractivity contribution is 5.63. The summed E-state index contributed by atoms with van der Waals surface area (Å²) in [6.45, 7) is 4.92. The van der Waals surface area contributed by atoms with E-state index in [0.29, 0.717) is 36.4 Å². The highest BCUT2D eigenvalue weighted by Gasteiger charge is 2.08. The van der Waals surface area contributed by atoms with Crippen molar-refractivity contribution in [2.75, 3.05) is 18.5 Å². The van der Waals surface area contributed by atoms with Gasteiger partial charge in [-0.3, -0.25) is 9.78 Å². The van der Waals surface area contributed by atoms with E-state index in [0.717, 1.165) is 11.3 Å². The monoisotopic (exact) mass is 351 g/mol. The molecule has 1 aromatic heterocycles. The summed E-state index contributed by atoms with van der Waals surface area (Å²) in [6, 6.07) is 16.5. The number of H-pyrrole nitrogens is 1. The lowest BCUT2D eigenvalue weighted by molar-refractivity contribution is 0.288. The van der Waals surface area contributed by atoms with Crippen LogP contribution in [0.3, 0.4) is 0 Å². The second kappa shape index (κ2) is 8.20. The molecule has 3 rings (SSSR count). The number of anilines is 2. The quantitative estimate of drug-likeness (QED) is 0.673. The summed E-state index contributed by atoms with van der Waals surface area (Å²) in [5, 5.41) is 3.12. The van der Waals surface area contributed by atoms with E-state index in [4.69, 9.17) is 9.47 Å². The molecule has 2 aromatic carbocycles. The fourth-order valence-corrected chi connectivity index (χ4v) is 2.54. The Morgan fingerprint density at radius 1 is 0.962 bits per heavy atom. The number of hydrogen-bond donors (Lipinski definition) is 2. The van der Waals surface area contributed by atoms with E-state index >= 15 is 0 Å². The summed E-state index contributed by atoms with van der Waals surface area (Å²) < 4.78 is 11.2. The van der Waals surface area contributed by atoms with Gasteiger partial charge in [0.05, 0.1) is 18.9 Å². The van der Waals surface area contributed by atoms with Crippen LogP contribution in [0.25, 0.3) is 11.3 Å². The highest BCUT2D eigenvalue weighted by atomic mass is 16.5. The fraction of sp³-hybridized carbons (Fsp3) is 0.200. The van der Waals surface area contributed by atoms with E-state index in [9.17, 15) is 4.79 Å². The number of aromatic amines is 1. The Hall–Kier alpha value is -3.28. The van der Waals surface area contributed by atoms with Crippen LogP contribution in [0, 0.1) is 0 Å². The van der Waals surface area contributed by atoms with Gasteiger partial charge in [0.15, 0.2) is 11.5 Å². The van der Waals surface area contributed by atoms with Crippen LogP contribution < -0.4 is 20.3 Å². The van der Waals surface area contributed by atoms with Crippen molar-refractivity contribution in [1.29, 1.82) is 0 Å². The molecule has 3 aromatic rings. The largest absolute Gasteiger partial charge is 0.490 e. The van der Waals surface area contributed by atoms with Crippen LogP contribution in [0.5, 0.6) is 11.5 Å². The van der Waals surface area contributed by atoms with Crippen molar-refractivity contribution in [1.82, 2.24) is 9.97 Å². The molecule has 6 nitrogen and oxygen atoms in total. The second-order valence-corrected chi connectivity index (χ2v) is 5.50. The maximum Gasteiger partial charge on any atom is 0.252 e. The summed E-state index contributed by atoms with van der Waals surface area (Å²) in [5.74, 6) is 1.68. The molecule has 0 aliphatic carbocycles. The maximum absolute atomic E-state index is 12.0. The summed E-state index contributed by atoms with van der Waals surface area (Å²) in [4.78, 5) is 19.2. The number of benzene rings is 2. The fourth-order valence-electron chi connectivity index (χ4n) is 2.54. The molecule has 0 spiro atoms.